The Balaban J connectivity index is 1.75. The van der Waals surface area contributed by atoms with Gasteiger partial charge in [-0.2, -0.15) is 0 Å². The van der Waals surface area contributed by atoms with E-state index in [1.165, 1.54) is 5.56 Å². The average molecular weight is 306 g/mol. The highest BCUT2D eigenvalue weighted by Gasteiger charge is 2.05. The molecule has 116 valence electrons. The number of phenols is 1. The Morgan fingerprint density at radius 3 is 1.87 bits per heavy atom. The summed E-state index contributed by atoms with van der Waals surface area (Å²) in [7, 11) is 0. The highest BCUT2D eigenvalue weighted by atomic mass is 16.5. The Hall–Kier alpha value is -2.94. The molecule has 0 radical (unpaired) electrons. The van der Waals surface area contributed by atoms with E-state index < -0.39 is 0 Å². The van der Waals surface area contributed by atoms with E-state index >= 15 is 0 Å². The van der Waals surface area contributed by atoms with Crippen molar-refractivity contribution in [2.45, 2.75) is 13.8 Å². The van der Waals surface area contributed by atoms with E-state index in [0.29, 0.717) is 5.75 Å². The molecule has 3 heteroatoms. The summed E-state index contributed by atoms with van der Waals surface area (Å²) in [6, 6.07) is 20.3. The molecule has 0 saturated heterocycles. The first-order chi connectivity index (χ1) is 11.1. The number of hydrogen-bond donors (Lipinski definition) is 1. The molecule has 3 aromatic carbocycles. The van der Waals surface area contributed by atoms with Crippen molar-refractivity contribution in [2.24, 2.45) is 0 Å². The van der Waals surface area contributed by atoms with E-state index in [1.807, 2.05) is 56.3 Å². The topological polar surface area (TPSA) is 38.7 Å². The van der Waals surface area contributed by atoms with Crippen molar-refractivity contribution >= 4 is 0 Å². The first-order valence-electron chi connectivity index (χ1n) is 7.42. The summed E-state index contributed by atoms with van der Waals surface area (Å²) in [6.07, 6.45) is 0. The lowest BCUT2D eigenvalue weighted by Gasteiger charge is -2.11. The molecule has 0 amide bonds. The maximum atomic E-state index is 9.30. The molecule has 3 nitrogen and oxygen atoms in total. The third kappa shape index (κ3) is 3.83. The lowest BCUT2D eigenvalue weighted by atomic mass is 10.2. The molecule has 0 heterocycles. The molecule has 0 atom stereocenters. The monoisotopic (exact) mass is 306 g/mol. The number of aromatic hydroxyl groups is 1. The van der Waals surface area contributed by atoms with Crippen molar-refractivity contribution in [1.82, 2.24) is 0 Å². The predicted octanol–water partition coefficient (Wildman–Crippen LogP) is 5.59. The molecule has 0 spiro atoms. The molecule has 0 unspecified atom stereocenters. The minimum absolute atomic E-state index is 0.218. The summed E-state index contributed by atoms with van der Waals surface area (Å²) in [5.41, 5.74) is 2.17. The van der Waals surface area contributed by atoms with Crippen LogP contribution in [0.3, 0.4) is 0 Å². The molecule has 0 aliphatic rings. The number of phenolic OH excluding ortho intramolecular Hbond substituents is 1. The first kappa shape index (κ1) is 15.0. The lowest BCUT2D eigenvalue weighted by Crippen LogP contribution is -1.90. The molecule has 0 aromatic heterocycles. The normalized spacial score (nSPS) is 10.3. The Morgan fingerprint density at radius 1 is 0.652 bits per heavy atom. The Morgan fingerprint density at radius 2 is 1.22 bits per heavy atom. The summed E-state index contributed by atoms with van der Waals surface area (Å²) < 4.78 is 11.7. The molecule has 1 N–H and O–H groups in total. The largest absolute Gasteiger partial charge is 0.508 e. The summed E-state index contributed by atoms with van der Waals surface area (Å²) >= 11 is 0. The predicted molar refractivity (Wildman–Crippen MR) is 90.6 cm³/mol. The van der Waals surface area contributed by atoms with E-state index in [-0.39, 0.29) is 5.75 Å². The quantitative estimate of drug-likeness (QED) is 0.682. The van der Waals surface area contributed by atoms with Crippen LogP contribution in [0.1, 0.15) is 11.1 Å². The zero-order valence-electron chi connectivity index (χ0n) is 13.1. The zero-order valence-corrected chi connectivity index (χ0v) is 13.1. The third-order valence-electron chi connectivity index (χ3n) is 3.47. The van der Waals surface area contributed by atoms with Gasteiger partial charge in [0.2, 0.25) is 0 Å². The molecule has 0 fully saturated rings. The second-order valence-electron chi connectivity index (χ2n) is 5.44. The minimum Gasteiger partial charge on any atom is -0.508 e. The van der Waals surface area contributed by atoms with Crippen LogP contribution in [0.2, 0.25) is 0 Å². The van der Waals surface area contributed by atoms with Gasteiger partial charge in [0.25, 0.3) is 0 Å². The highest BCUT2D eigenvalue weighted by Crippen LogP contribution is 2.31. The van der Waals surface area contributed by atoms with Crippen LogP contribution < -0.4 is 9.47 Å². The van der Waals surface area contributed by atoms with Crippen LogP contribution in [0, 0.1) is 13.8 Å². The number of hydrogen-bond acceptors (Lipinski definition) is 3. The van der Waals surface area contributed by atoms with Crippen LogP contribution in [0.4, 0.5) is 0 Å². The zero-order chi connectivity index (χ0) is 16.2. The van der Waals surface area contributed by atoms with E-state index in [4.69, 9.17) is 9.47 Å². The van der Waals surface area contributed by atoms with Crippen molar-refractivity contribution in [2.75, 3.05) is 0 Å². The van der Waals surface area contributed by atoms with Gasteiger partial charge in [0, 0.05) is 0 Å². The van der Waals surface area contributed by atoms with Gasteiger partial charge < -0.3 is 14.6 Å². The van der Waals surface area contributed by atoms with Gasteiger partial charge in [-0.05, 0) is 74.0 Å². The maximum Gasteiger partial charge on any atom is 0.130 e. The Kier molecular flexibility index (Phi) is 4.20. The molecular weight excluding hydrogens is 288 g/mol. The van der Waals surface area contributed by atoms with E-state index in [1.54, 1.807) is 24.3 Å². The van der Waals surface area contributed by atoms with Crippen molar-refractivity contribution < 1.29 is 14.6 Å². The van der Waals surface area contributed by atoms with Gasteiger partial charge in [-0.15, -0.1) is 0 Å². The van der Waals surface area contributed by atoms with Crippen molar-refractivity contribution in [3.05, 3.63) is 77.9 Å². The molecule has 3 aromatic rings. The van der Waals surface area contributed by atoms with Gasteiger partial charge in [0.05, 0.1) is 0 Å². The van der Waals surface area contributed by atoms with Gasteiger partial charge in [0.15, 0.2) is 0 Å². The van der Waals surface area contributed by atoms with Crippen molar-refractivity contribution in [3.63, 3.8) is 0 Å². The van der Waals surface area contributed by atoms with Crippen molar-refractivity contribution in [3.8, 4) is 28.7 Å². The summed E-state index contributed by atoms with van der Waals surface area (Å²) in [5.74, 6) is 3.23. The molecular formula is C20H18O3. The second-order valence-corrected chi connectivity index (χ2v) is 5.44. The fourth-order valence-corrected chi connectivity index (χ4v) is 2.18. The third-order valence-corrected chi connectivity index (χ3v) is 3.47. The van der Waals surface area contributed by atoms with E-state index in [2.05, 4.69) is 0 Å². The van der Waals surface area contributed by atoms with Gasteiger partial charge in [0.1, 0.15) is 28.7 Å². The van der Waals surface area contributed by atoms with Crippen molar-refractivity contribution in [1.29, 1.82) is 0 Å². The summed E-state index contributed by atoms with van der Waals surface area (Å²) in [4.78, 5) is 0. The van der Waals surface area contributed by atoms with Crippen LogP contribution >= 0.6 is 0 Å². The van der Waals surface area contributed by atoms with Crippen LogP contribution in [0.15, 0.2) is 66.7 Å². The van der Waals surface area contributed by atoms with Gasteiger partial charge in [-0.1, -0.05) is 17.7 Å². The number of rotatable bonds is 4. The van der Waals surface area contributed by atoms with Gasteiger partial charge in [-0.3, -0.25) is 0 Å². The molecule has 23 heavy (non-hydrogen) atoms. The second kappa shape index (κ2) is 6.44. The minimum atomic E-state index is 0.218. The van der Waals surface area contributed by atoms with Gasteiger partial charge >= 0.3 is 0 Å². The van der Waals surface area contributed by atoms with Crippen LogP contribution in [-0.4, -0.2) is 5.11 Å². The first-order valence-corrected chi connectivity index (χ1v) is 7.42. The molecule has 0 aliphatic heterocycles. The van der Waals surface area contributed by atoms with Crippen LogP contribution in [-0.2, 0) is 0 Å². The molecule has 0 bridgehead atoms. The summed E-state index contributed by atoms with van der Waals surface area (Å²) in [6.45, 7) is 4.02. The number of aryl methyl sites for hydroxylation is 2. The standard InChI is InChI=1S/C20H18O3/c1-14-3-7-17(8-4-14)22-19-11-12-20(15(2)13-19)23-18-9-5-16(21)6-10-18/h3-13,21H,1-2H3. The molecule has 0 saturated carbocycles. The van der Waals surface area contributed by atoms with Gasteiger partial charge in [-0.25, -0.2) is 0 Å². The summed E-state index contributed by atoms with van der Waals surface area (Å²) in [5, 5.41) is 9.30. The van der Waals surface area contributed by atoms with E-state index in [9.17, 15) is 5.11 Å². The average Bonchev–Trinajstić information content (AvgIpc) is 2.54. The van der Waals surface area contributed by atoms with Crippen LogP contribution in [0.5, 0.6) is 28.7 Å². The van der Waals surface area contributed by atoms with E-state index in [0.717, 1.165) is 22.8 Å². The lowest BCUT2D eigenvalue weighted by molar-refractivity contribution is 0.459. The highest BCUT2D eigenvalue weighted by molar-refractivity contribution is 5.44. The maximum absolute atomic E-state index is 9.30. The number of benzene rings is 3. The SMILES string of the molecule is Cc1ccc(Oc2ccc(Oc3ccc(O)cc3)c(C)c2)cc1. The molecule has 3 rings (SSSR count). The number of ether oxygens (including phenoxy) is 2. The fraction of sp³-hybridized carbons (Fsp3) is 0.100. The Bertz CT molecular complexity index is 790. The fourth-order valence-electron chi connectivity index (χ4n) is 2.18. The Labute approximate surface area is 135 Å². The molecule has 0 aliphatic carbocycles. The smallest absolute Gasteiger partial charge is 0.130 e. The van der Waals surface area contributed by atoms with Crippen LogP contribution in [0.25, 0.3) is 0 Å².